The Hall–Kier alpha value is -2.69. The maximum Gasteiger partial charge on any atom is 0.418 e. The second kappa shape index (κ2) is 8.36. The van der Waals surface area contributed by atoms with E-state index in [0.717, 1.165) is 10.7 Å². The van der Waals surface area contributed by atoms with Crippen LogP contribution in [0.5, 0.6) is 0 Å². The summed E-state index contributed by atoms with van der Waals surface area (Å²) in [5.74, 6) is -0.624. The predicted octanol–water partition coefficient (Wildman–Crippen LogP) is 4.72. The summed E-state index contributed by atoms with van der Waals surface area (Å²) in [6.45, 7) is 0. The highest BCUT2D eigenvalue weighted by molar-refractivity contribution is 7.80. The fraction of sp³-hybridized carbons (Fsp3) is 0.0588. The topological polar surface area (TPSA) is 71.8 Å². The molecule has 0 radical (unpaired) electrons. The van der Waals surface area contributed by atoms with Crippen molar-refractivity contribution in [2.45, 2.75) is 6.18 Å². The van der Waals surface area contributed by atoms with Crippen molar-refractivity contribution in [3.63, 3.8) is 0 Å². The average molecular weight is 460 g/mol. The van der Waals surface area contributed by atoms with Gasteiger partial charge in [0.15, 0.2) is 16.1 Å². The summed E-state index contributed by atoms with van der Waals surface area (Å²) >= 11 is 16.9. The molecule has 0 atom stereocenters. The first-order valence-electron chi connectivity index (χ1n) is 7.82. The minimum absolute atomic E-state index is 0.0156. The summed E-state index contributed by atoms with van der Waals surface area (Å²) in [5.41, 5.74) is -1.29. The number of halogens is 5. The Morgan fingerprint density at radius 2 is 1.86 bits per heavy atom. The number of aromatic nitrogens is 3. The van der Waals surface area contributed by atoms with Crippen molar-refractivity contribution in [1.29, 1.82) is 0 Å². The van der Waals surface area contributed by atoms with Crippen LogP contribution < -0.4 is 10.6 Å². The highest BCUT2D eigenvalue weighted by Crippen LogP contribution is 2.34. The molecule has 0 aliphatic carbocycles. The normalized spacial score (nSPS) is 11.2. The van der Waals surface area contributed by atoms with Crippen molar-refractivity contribution in [2.24, 2.45) is 0 Å². The lowest BCUT2D eigenvalue weighted by Crippen LogP contribution is -2.35. The largest absolute Gasteiger partial charge is 0.418 e. The molecule has 2 aromatic heterocycles. The number of hydrogen-bond donors (Lipinski definition) is 2. The van der Waals surface area contributed by atoms with Crippen LogP contribution in [-0.2, 0) is 6.18 Å². The molecule has 0 aliphatic rings. The van der Waals surface area contributed by atoms with Gasteiger partial charge in [0.25, 0.3) is 5.91 Å². The maximum atomic E-state index is 13.1. The van der Waals surface area contributed by atoms with Gasteiger partial charge in [0.1, 0.15) is 5.69 Å². The molecule has 3 rings (SSSR count). The molecule has 6 nitrogen and oxygen atoms in total. The number of rotatable bonds is 3. The number of amides is 1. The van der Waals surface area contributed by atoms with Crippen molar-refractivity contribution in [3.05, 3.63) is 70.1 Å². The smallest absolute Gasteiger partial charge is 0.332 e. The number of carbonyl (C=O) groups excluding carboxylic acids is 1. The van der Waals surface area contributed by atoms with Gasteiger partial charge in [0, 0.05) is 12.3 Å². The fourth-order valence-electron chi connectivity index (χ4n) is 2.37. The fourth-order valence-corrected chi connectivity index (χ4v) is 2.95. The SMILES string of the molecule is O=C(NC(=S)Nc1ccccc1C(F)(F)F)c1cc(Cl)nn1-c1ncccc1Cl. The van der Waals surface area contributed by atoms with Gasteiger partial charge < -0.3 is 5.32 Å². The molecule has 0 bridgehead atoms. The number of pyridine rings is 1. The predicted molar refractivity (Wildman–Crippen MR) is 107 cm³/mol. The van der Waals surface area contributed by atoms with Crippen molar-refractivity contribution in [3.8, 4) is 5.82 Å². The van der Waals surface area contributed by atoms with Gasteiger partial charge >= 0.3 is 6.18 Å². The summed E-state index contributed by atoms with van der Waals surface area (Å²) in [5, 5.41) is 8.47. The number of nitrogens with zero attached hydrogens (tertiary/aromatic N) is 3. The Kier molecular flexibility index (Phi) is 6.06. The quantitative estimate of drug-likeness (QED) is 0.554. The van der Waals surface area contributed by atoms with Crippen molar-refractivity contribution < 1.29 is 18.0 Å². The highest BCUT2D eigenvalue weighted by atomic mass is 35.5. The van der Waals surface area contributed by atoms with E-state index >= 15 is 0 Å². The van der Waals surface area contributed by atoms with Crippen LogP contribution in [0.2, 0.25) is 10.2 Å². The number of hydrogen-bond acceptors (Lipinski definition) is 4. The van der Waals surface area contributed by atoms with E-state index in [1.165, 1.54) is 30.5 Å². The summed E-state index contributed by atoms with van der Waals surface area (Å²) in [7, 11) is 0. The third-order valence-corrected chi connectivity index (χ3v) is 4.24. The van der Waals surface area contributed by atoms with Gasteiger partial charge in [-0.25, -0.2) is 9.67 Å². The van der Waals surface area contributed by atoms with Gasteiger partial charge in [-0.15, -0.1) is 0 Å². The summed E-state index contributed by atoms with van der Waals surface area (Å²) in [4.78, 5) is 16.6. The number of benzene rings is 1. The highest BCUT2D eigenvalue weighted by Gasteiger charge is 2.33. The average Bonchev–Trinajstić information content (AvgIpc) is 3.03. The molecule has 1 amide bonds. The Morgan fingerprint density at radius 1 is 1.14 bits per heavy atom. The van der Waals surface area contributed by atoms with Crippen LogP contribution >= 0.6 is 35.4 Å². The monoisotopic (exact) mass is 459 g/mol. The zero-order chi connectivity index (χ0) is 21.2. The molecule has 0 saturated heterocycles. The first-order valence-corrected chi connectivity index (χ1v) is 8.98. The molecule has 0 unspecified atom stereocenters. The molecular formula is C17H10Cl2F3N5OS. The number of carbonyl (C=O) groups is 1. The van der Waals surface area contributed by atoms with Crippen LogP contribution in [0.4, 0.5) is 18.9 Å². The Labute approximate surface area is 177 Å². The van der Waals surface area contributed by atoms with Gasteiger partial charge in [0.05, 0.1) is 16.3 Å². The first kappa shape index (κ1) is 21.0. The van der Waals surface area contributed by atoms with Crippen LogP contribution in [0, 0.1) is 0 Å². The lowest BCUT2D eigenvalue weighted by molar-refractivity contribution is -0.136. The molecule has 0 fully saturated rings. The molecule has 12 heteroatoms. The second-order valence-electron chi connectivity index (χ2n) is 5.52. The Balaban J connectivity index is 1.82. The van der Waals surface area contributed by atoms with Crippen LogP contribution in [-0.4, -0.2) is 25.8 Å². The molecule has 0 saturated carbocycles. The first-order chi connectivity index (χ1) is 13.7. The Bertz CT molecular complexity index is 1090. The van der Waals surface area contributed by atoms with Crippen LogP contribution in [0.25, 0.3) is 5.82 Å². The third-order valence-electron chi connectivity index (χ3n) is 3.56. The van der Waals surface area contributed by atoms with E-state index in [1.54, 1.807) is 12.1 Å². The van der Waals surface area contributed by atoms with Crippen molar-refractivity contribution >= 4 is 52.1 Å². The molecule has 0 spiro atoms. The van der Waals surface area contributed by atoms with E-state index < -0.39 is 17.6 Å². The van der Waals surface area contributed by atoms with E-state index in [4.69, 9.17) is 35.4 Å². The number of nitrogens with one attached hydrogen (secondary N) is 2. The van der Waals surface area contributed by atoms with Gasteiger partial charge in [-0.2, -0.15) is 18.3 Å². The minimum atomic E-state index is -4.59. The van der Waals surface area contributed by atoms with Gasteiger partial charge in [-0.3, -0.25) is 10.1 Å². The minimum Gasteiger partial charge on any atom is -0.332 e. The standard InChI is InChI=1S/C17H10Cl2F3N5OS/c18-10-5-3-7-23-14(10)27-12(8-13(19)26-27)15(28)25-16(29)24-11-6-2-1-4-9(11)17(20,21)22/h1-8H,(H2,24,25,28,29). The second-order valence-corrected chi connectivity index (χ2v) is 6.73. The lowest BCUT2D eigenvalue weighted by atomic mass is 10.1. The molecular weight excluding hydrogens is 450 g/mol. The summed E-state index contributed by atoms with van der Waals surface area (Å²) in [6, 6.07) is 9.11. The zero-order valence-corrected chi connectivity index (χ0v) is 16.5. The molecule has 2 heterocycles. The van der Waals surface area contributed by atoms with E-state index in [-0.39, 0.29) is 32.5 Å². The summed E-state index contributed by atoms with van der Waals surface area (Å²) < 4.78 is 40.4. The number of thiocarbonyl (C=S) groups is 1. The van der Waals surface area contributed by atoms with Crippen molar-refractivity contribution in [2.75, 3.05) is 5.32 Å². The number of anilines is 1. The lowest BCUT2D eigenvalue weighted by Gasteiger charge is -2.15. The molecule has 2 N–H and O–H groups in total. The molecule has 29 heavy (non-hydrogen) atoms. The van der Waals surface area contributed by atoms with Gasteiger partial charge in [-0.1, -0.05) is 35.3 Å². The third kappa shape index (κ3) is 4.84. The van der Waals surface area contributed by atoms with Crippen molar-refractivity contribution in [1.82, 2.24) is 20.1 Å². The summed E-state index contributed by atoms with van der Waals surface area (Å²) in [6.07, 6.45) is -3.15. The molecule has 0 aliphatic heterocycles. The van der Waals surface area contributed by atoms with E-state index in [1.807, 2.05) is 0 Å². The van der Waals surface area contributed by atoms with Crippen LogP contribution in [0.3, 0.4) is 0 Å². The van der Waals surface area contributed by atoms with Crippen LogP contribution in [0.15, 0.2) is 48.7 Å². The molecule has 3 aromatic rings. The number of alkyl halides is 3. The zero-order valence-electron chi connectivity index (χ0n) is 14.2. The van der Waals surface area contributed by atoms with E-state index in [0.29, 0.717) is 0 Å². The number of para-hydroxylation sites is 1. The molecule has 150 valence electrons. The molecule has 1 aromatic carbocycles. The maximum absolute atomic E-state index is 13.1. The van der Waals surface area contributed by atoms with Gasteiger partial charge in [-0.05, 0) is 36.5 Å². The van der Waals surface area contributed by atoms with E-state index in [2.05, 4.69) is 20.7 Å². The van der Waals surface area contributed by atoms with E-state index in [9.17, 15) is 18.0 Å². The van der Waals surface area contributed by atoms with Crippen LogP contribution in [0.1, 0.15) is 16.1 Å². The van der Waals surface area contributed by atoms with Gasteiger partial charge in [0.2, 0.25) is 0 Å². The Morgan fingerprint density at radius 3 is 2.55 bits per heavy atom.